The van der Waals surface area contributed by atoms with Gasteiger partial charge in [0.2, 0.25) is 5.76 Å². The van der Waals surface area contributed by atoms with Crippen molar-refractivity contribution in [1.82, 2.24) is 0 Å². The fourth-order valence-electron chi connectivity index (χ4n) is 1.67. The van der Waals surface area contributed by atoms with Crippen LogP contribution < -0.4 is 0 Å². The second kappa shape index (κ2) is 6.93. The number of carbonyl (C=O) groups excluding carboxylic acids is 2. The van der Waals surface area contributed by atoms with Crippen molar-refractivity contribution in [1.29, 1.82) is 0 Å². The Balaban J connectivity index is 2.05. The Hall–Kier alpha value is -2.87. The third-order valence-electron chi connectivity index (χ3n) is 2.77. The van der Waals surface area contributed by atoms with Gasteiger partial charge in [0.15, 0.2) is 0 Å². The third-order valence-corrected chi connectivity index (χ3v) is 3.09. The van der Waals surface area contributed by atoms with Crippen LogP contribution in [-0.4, -0.2) is 24.0 Å². The molecule has 8 nitrogen and oxygen atoms in total. The van der Waals surface area contributed by atoms with Gasteiger partial charge in [-0.05, 0) is 24.3 Å². The summed E-state index contributed by atoms with van der Waals surface area (Å²) in [6, 6.07) is 6.39. The lowest BCUT2D eigenvalue weighted by Crippen LogP contribution is -2.05. The Labute approximate surface area is 134 Å². The molecule has 0 aliphatic carbocycles. The molecule has 23 heavy (non-hydrogen) atoms. The van der Waals surface area contributed by atoms with Crippen molar-refractivity contribution in [3.05, 3.63) is 62.6 Å². The number of carbonyl (C=O) groups is 2. The lowest BCUT2D eigenvalue weighted by molar-refractivity contribution is -0.384. The summed E-state index contributed by atoms with van der Waals surface area (Å²) in [6.07, 6.45) is 0. The highest BCUT2D eigenvalue weighted by Crippen LogP contribution is 2.25. The number of nitro benzene ring substituents is 1. The minimum absolute atomic E-state index is 0.0270. The first kappa shape index (κ1) is 16.5. The molecule has 1 heterocycles. The molecule has 0 saturated carbocycles. The van der Waals surface area contributed by atoms with E-state index in [2.05, 4.69) is 4.74 Å². The minimum atomic E-state index is -0.791. The maximum Gasteiger partial charge on any atom is 0.373 e. The number of ether oxygens (including phenoxy) is 2. The number of halogens is 1. The molecule has 0 aliphatic heterocycles. The molecular formula is C14H10ClNO7. The van der Waals surface area contributed by atoms with Gasteiger partial charge in [0.25, 0.3) is 5.69 Å². The zero-order chi connectivity index (χ0) is 17.0. The zero-order valence-corrected chi connectivity index (χ0v) is 12.5. The van der Waals surface area contributed by atoms with Gasteiger partial charge in [-0.3, -0.25) is 10.1 Å². The molecule has 0 N–H and O–H groups in total. The van der Waals surface area contributed by atoms with Crippen LogP contribution in [0.5, 0.6) is 0 Å². The van der Waals surface area contributed by atoms with Crippen LogP contribution in [0, 0.1) is 10.1 Å². The van der Waals surface area contributed by atoms with Crippen LogP contribution in [0.1, 0.15) is 26.7 Å². The largest absolute Gasteiger partial charge is 0.463 e. The van der Waals surface area contributed by atoms with Gasteiger partial charge in [0.1, 0.15) is 17.4 Å². The van der Waals surface area contributed by atoms with E-state index in [0.29, 0.717) is 0 Å². The summed E-state index contributed by atoms with van der Waals surface area (Å²) in [4.78, 5) is 33.2. The first-order valence-corrected chi connectivity index (χ1v) is 6.58. The minimum Gasteiger partial charge on any atom is -0.463 e. The molecule has 0 atom stereocenters. The van der Waals surface area contributed by atoms with Crippen molar-refractivity contribution in [2.24, 2.45) is 0 Å². The van der Waals surface area contributed by atoms with Crippen LogP contribution in [0.25, 0.3) is 0 Å². The molecule has 0 bridgehead atoms. The summed E-state index contributed by atoms with van der Waals surface area (Å²) in [5.74, 6) is -1.25. The molecule has 0 aliphatic rings. The summed E-state index contributed by atoms with van der Waals surface area (Å²) < 4.78 is 14.6. The number of nitro groups is 1. The van der Waals surface area contributed by atoms with Gasteiger partial charge < -0.3 is 13.9 Å². The summed E-state index contributed by atoms with van der Waals surface area (Å²) >= 11 is 5.66. The van der Waals surface area contributed by atoms with Crippen molar-refractivity contribution < 1.29 is 28.4 Å². The van der Waals surface area contributed by atoms with Crippen LogP contribution in [0.3, 0.4) is 0 Å². The number of nitrogens with zero attached hydrogens (tertiary/aromatic N) is 1. The first-order chi connectivity index (χ1) is 10.9. The van der Waals surface area contributed by atoms with E-state index in [-0.39, 0.29) is 28.7 Å². The zero-order valence-electron chi connectivity index (χ0n) is 11.8. The second-order valence-electron chi connectivity index (χ2n) is 4.26. The molecule has 0 radical (unpaired) electrons. The van der Waals surface area contributed by atoms with E-state index in [1.807, 2.05) is 0 Å². The van der Waals surface area contributed by atoms with E-state index in [1.165, 1.54) is 31.4 Å². The van der Waals surface area contributed by atoms with E-state index >= 15 is 0 Å². The molecule has 0 unspecified atom stereocenters. The highest BCUT2D eigenvalue weighted by atomic mass is 35.5. The standard InChI is InChI=1S/C14H10ClNO7/c1-21-14(18)12-5-3-9(23-12)7-22-13(17)8-2-4-10(15)11(6-8)16(19)20/h2-6H,7H2,1H3. The number of esters is 2. The maximum absolute atomic E-state index is 11.9. The van der Waals surface area contributed by atoms with Crippen LogP contribution in [0.4, 0.5) is 5.69 Å². The monoisotopic (exact) mass is 339 g/mol. The highest BCUT2D eigenvalue weighted by Gasteiger charge is 2.18. The maximum atomic E-state index is 11.9. The molecule has 0 fully saturated rings. The molecular weight excluding hydrogens is 330 g/mol. The van der Waals surface area contributed by atoms with Crippen molar-refractivity contribution in [3.63, 3.8) is 0 Å². The first-order valence-electron chi connectivity index (χ1n) is 6.20. The Morgan fingerprint density at radius 3 is 2.65 bits per heavy atom. The number of benzene rings is 1. The Morgan fingerprint density at radius 1 is 1.26 bits per heavy atom. The van der Waals surface area contributed by atoms with Crippen LogP contribution >= 0.6 is 11.6 Å². The van der Waals surface area contributed by atoms with E-state index in [9.17, 15) is 19.7 Å². The fraction of sp³-hybridized carbons (Fsp3) is 0.143. The Kier molecular flexibility index (Phi) is 4.97. The van der Waals surface area contributed by atoms with Gasteiger partial charge >= 0.3 is 11.9 Å². The predicted molar refractivity (Wildman–Crippen MR) is 77.3 cm³/mol. The van der Waals surface area contributed by atoms with Crippen molar-refractivity contribution in [2.45, 2.75) is 6.61 Å². The lowest BCUT2D eigenvalue weighted by Gasteiger charge is -2.03. The SMILES string of the molecule is COC(=O)c1ccc(COC(=O)c2ccc(Cl)c([N+](=O)[O-])c2)o1. The summed E-state index contributed by atoms with van der Waals surface area (Å²) in [5, 5.41) is 10.7. The average Bonchev–Trinajstić information content (AvgIpc) is 3.01. The quantitative estimate of drug-likeness (QED) is 0.468. The van der Waals surface area contributed by atoms with Gasteiger partial charge in [-0.1, -0.05) is 11.6 Å². The molecule has 120 valence electrons. The van der Waals surface area contributed by atoms with E-state index in [1.54, 1.807) is 0 Å². The molecule has 2 rings (SSSR count). The van der Waals surface area contributed by atoms with Gasteiger partial charge in [-0.15, -0.1) is 0 Å². The Bertz CT molecular complexity index is 768. The molecule has 1 aromatic heterocycles. The highest BCUT2D eigenvalue weighted by molar-refractivity contribution is 6.32. The number of furan rings is 1. The van der Waals surface area contributed by atoms with Crippen LogP contribution in [0.15, 0.2) is 34.7 Å². The molecule has 0 amide bonds. The van der Waals surface area contributed by atoms with Gasteiger partial charge in [0, 0.05) is 6.07 Å². The van der Waals surface area contributed by atoms with E-state index < -0.39 is 22.5 Å². The van der Waals surface area contributed by atoms with E-state index in [4.69, 9.17) is 20.8 Å². The normalized spacial score (nSPS) is 10.2. The summed E-state index contributed by atoms with van der Waals surface area (Å²) in [6.45, 7) is -0.244. The van der Waals surface area contributed by atoms with Gasteiger partial charge in [-0.25, -0.2) is 9.59 Å². The van der Waals surface area contributed by atoms with Crippen molar-refractivity contribution in [3.8, 4) is 0 Å². The third kappa shape index (κ3) is 3.86. The molecule has 0 spiro atoms. The molecule has 1 aromatic carbocycles. The number of methoxy groups -OCH3 is 1. The lowest BCUT2D eigenvalue weighted by atomic mass is 10.2. The average molecular weight is 340 g/mol. The number of rotatable bonds is 5. The fourth-order valence-corrected chi connectivity index (χ4v) is 1.85. The Morgan fingerprint density at radius 2 is 2.00 bits per heavy atom. The molecule has 0 saturated heterocycles. The summed E-state index contributed by atoms with van der Waals surface area (Å²) in [7, 11) is 1.21. The number of hydrogen-bond donors (Lipinski definition) is 0. The van der Waals surface area contributed by atoms with Crippen molar-refractivity contribution in [2.75, 3.05) is 7.11 Å². The topological polar surface area (TPSA) is 109 Å². The van der Waals surface area contributed by atoms with Crippen LogP contribution in [-0.2, 0) is 16.1 Å². The molecule has 9 heteroatoms. The van der Waals surface area contributed by atoms with Crippen molar-refractivity contribution >= 4 is 29.2 Å². The summed E-state index contributed by atoms with van der Waals surface area (Å²) in [5.41, 5.74) is -0.423. The van der Waals surface area contributed by atoms with Gasteiger partial charge in [-0.2, -0.15) is 0 Å². The second-order valence-corrected chi connectivity index (χ2v) is 4.66. The smallest absolute Gasteiger partial charge is 0.373 e. The van der Waals surface area contributed by atoms with Gasteiger partial charge in [0.05, 0.1) is 17.6 Å². The molecule has 2 aromatic rings. The predicted octanol–water partition coefficient (Wildman–Crippen LogP) is 2.98. The number of hydrogen-bond acceptors (Lipinski definition) is 7. The van der Waals surface area contributed by atoms with Crippen LogP contribution in [0.2, 0.25) is 5.02 Å². The van der Waals surface area contributed by atoms with E-state index in [0.717, 1.165) is 6.07 Å².